The lowest BCUT2D eigenvalue weighted by molar-refractivity contribution is 0.328. The molecule has 1 unspecified atom stereocenters. The summed E-state index contributed by atoms with van der Waals surface area (Å²) in [7, 11) is 0. The summed E-state index contributed by atoms with van der Waals surface area (Å²) < 4.78 is 8.27. The summed E-state index contributed by atoms with van der Waals surface area (Å²) >= 11 is 0. The summed E-state index contributed by atoms with van der Waals surface area (Å²) in [5.74, 6) is 1.08. The molecule has 1 atom stereocenters. The molecule has 0 spiro atoms. The van der Waals surface area contributed by atoms with Gasteiger partial charge in [0.15, 0.2) is 0 Å². The monoisotopic (exact) mass is 475 g/mol. The molecule has 0 radical (unpaired) electrons. The third kappa shape index (κ3) is 5.75. The van der Waals surface area contributed by atoms with Crippen molar-refractivity contribution in [3.05, 3.63) is 47.4 Å². The van der Waals surface area contributed by atoms with Crippen LogP contribution in [0.15, 0.2) is 41.2 Å². The molecule has 0 saturated carbocycles. The molecule has 1 N–H and O–H groups in total. The van der Waals surface area contributed by atoms with E-state index in [1.165, 1.54) is 11.3 Å². The van der Waals surface area contributed by atoms with E-state index in [9.17, 15) is 0 Å². The number of aliphatic imine (C=N–C) groups is 1. The minimum absolute atomic E-state index is 0.315. The number of aryl methyl sites for hydroxylation is 1. The van der Waals surface area contributed by atoms with Crippen molar-refractivity contribution >= 4 is 22.9 Å². The Morgan fingerprint density at radius 1 is 1.23 bits per heavy atom. The average Bonchev–Trinajstić information content (AvgIpc) is 3.14. The molecule has 0 aliphatic carbocycles. The summed E-state index contributed by atoms with van der Waals surface area (Å²) in [5.41, 5.74) is 8.56. The van der Waals surface area contributed by atoms with Crippen molar-refractivity contribution in [2.75, 3.05) is 18.5 Å². The van der Waals surface area contributed by atoms with Crippen molar-refractivity contribution in [1.29, 1.82) is 0 Å². The maximum atomic E-state index is 5.84. The molecule has 6 nitrogen and oxygen atoms in total. The van der Waals surface area contributed by atoms with Crippen LogP contribution in [0.2, 0.25) is 0 Å². The lowest BCUT2D eigenvalue weighted by atomic mass is 10.1. The van der Waals surface area contributed by atoms with E-state index in [1.807, 2.05) is 32.2 Å². The molecule has 0 aliphatic heterocycles. The number of ether oxygens (including phenoxy) is 1. The molecule has 3 aromatic heterocycles. The summed E-state index contributed by atoms with van der Waals surface area (Å²) in [4.78, 5) is 14.3. The minimum Gasteiger partial charge on any atom is -0.477 e. The second-order valence-corrected chi connectivity index (χ2v) is 9.21. The zero-order chi connectivity index (χ0) is 25.5. The molecular weight excluding hydrogens is 434 g/mol. The third-order valence-corrected chi connectivity index (χ3v) is 6.37. The van der Waals surface area contributed by atoms with Crippen molar-refractivity contribution in [2.24, 2.45) is 10.9 Å². The zero-order valence-electron chi connectivity index (χ0n) is 22.6. The second-order valence-electron chi connectivity index (χ2n) is 9.21. The first-order valence-electron chi connectivity index (χ1n) is 12.9. The van der Waals surface area contributed by atoms with Crippen LogP contribution in [-0.2, 0) is 6.42 Å². The van der Waals surface area contributed by atoms with Crippen molar-refractivity contribution in [1.82, 2.24) is 14.5 Å². The fourth-order valence-electron chi connectivity index (χ4n) is 4.56. The van der Waals surface area contributed by atoms with Gasteiger partial charge in [0.05, 0.1) is 46.8 Å². The first kappa shape index (κ1) is 26.5. The number of rotatable bonds is 11. The van der Waals surface area contributed by atoms with Gasteiger partial charge in [-0.3, -0.25) is 4.99 Å². The van der Waals surface area contributed by atoms with E-state index in [2.05, 4.69) is 73.5 Å². The van der Waals surface area contributed by atoms with Gasteiger partial charge in [0.2, 0.25) is 5.88 Å². The number of nitrogens with zero attached hydrogens (tertiary/aromatic N) is 4. The lowest BCUT2D eigenvalue weighted by Crippen LogP contribution is -2.10. The van der Waals surface area contributed by atoms with Gasteiger partial charge < -0.3 is 14.6 Å². The van der Waals surface area contributed by atoms with E-state index < -0.39 is 0 Å². The Labute approximate surface area is 210 Å². The van der Waals surface area contributed by atoms with Gasteiger partial charge in [-0.2, -0.15) is 0 Å². The maximum absolute atomic E-state index is 5.84. The fourth-order valence-corrected chi connectivity index (χ4v) is 4.56. The number of hydrogen-bond donors (Lipinski definition) is 1. The van der Waals surface area contributed by atoms with E-state index >= 15 is 0 Å². The lowest BCUT2D eigenvalue weighted by Gasteiger charge is -2.18. The van der Waals surface area contributed by atoms with Gasteiger partial charge in [-0.15, -0.1) is 0 Å². The van der Waals surface area contributed by atoms with Gasteiger partial charge in [-0.1, -0.05) is 33.3 Å². The molecule has 3 rings (SSSR count). The predicted molar refractivity (Wildman–Crippen MR) is 149 cm³/mol. The summed E-state index contributed by atoms with van der Waals surface area (Å²) in [5, 5.41) is 3.72. The number of allylic oxidation sites excluding steroid dienone is 1. The second kappa shape index (κ2) is 12.0. The Morgan fingerprint density at radius 3 is 2.63 bits per heavy atom. The number of aromatic nitrogens is 3. The van der Waals surface area contributed by atoms with Crippen LogP contribution in [0.1, 0.15) is 72.2 Å². The maximum Gasteiger partial charge on any atom is 0.222 e. The smallest absolute Gasteiger partial charge is 0.222 e. The first-order chi connectivity index (χ1) is 16.9. The van der Waals surface area contributed by atoms with E-state index in [0.717, 1.165) is 46.5 Å². The van der Waals surface area contributed by atoms with Gasteiger partial charge in [0.1, 0.15) is 0 Å². The largest absolute Gasteiger partial charge is 0.477 e. The summed E-state index contributed by atoms with van der Waals surface area (Å²) in [6.07, 6.45) is 7.92. The summed E-state index contributed by atoms with van der Waals surface area (Å²) in [6.45, 7) is 18.4. The Balaban J connectivity index is 2.23. The highest BCUT2D eigenvalue weighted by Crippen LogP contribution is 2.37. The van der Waals surface area contributed by atoms with Crippen LogP contribution in [0.25, 0.3) is 22.3 Å². The third-order valence-electron chi connectivity index (χ3n) is 6.37. The van der Waals surface area contributed by atoms with Crippen LogP contribution < -0.4 is 10.1 Å². The molecule has 0 aromatic carbocycles. The van der Waals surface area contributed by atoms with E-state index in [4.69, 9.17) is 9.72 Å². The highest BCUT2D eigenvalue weighted by Gasteiger charge is 2.22. The Hall–Kier alpha value is -3.15. The SMILES string of the molecule is C/C=N\C(=C/C(C)CC)CNc1cc(-c2cccnc2OCC)nc2c(C)c(CC)n(C(C)C)c12. The van der Waals surface area contributed by atoms with Crippen molar-refractivity contribution in [3.8, 4) is 17.1 Å². The molecular formula is C29H41N5O. The zero-order valence-corrected chi connectivity index (χ0v) is 22.6. The molecule has 6 heteroatoms. The van der Waals surface area contributed by atoms with Crippen LogP contribution in [0, 0.1) is 12.8 Å². The van der Waals surface area contributed by atoms with Gasteiger partial charge >= 0.3 is 0 Å². The van der Waals surface area contributed by atoms with Crippen LogP contribution in [-0.4, -0.2) is 33.9 Å². The number of anilines is 1. The quantitative estimate of drug-likeness (QED) is 0.294. The van der Waals surface area contributed by atoms with Crippen molar-refractivity contribution in [3.63, 3.8) is 0 Å². The van der Waals surface area contributed by atoms with Gasteiger partial charge in [-0.05, 0) is 70.7 Å². The van der Waals surface area contributed by atoms with Gasteiger partial charge in [-0.25, -0.2) is 9.97 Å². The molecule has 0 bridgehead atoms. The predicted octanol–water partition coefficient (Wildman–Crippen LogP) is 7.38. The minimum atomic E-state index is 0.315. The number of nitrogens with one attached hydrogen (secondary N) is 1. The molecule has 188 valence electrons. The molecule has 0 fully saturated rings. The van der Waals surface area contributed by atoms with Crippen LogP contribution in [0.4, 0.5) is 5.69 Å². The number of fused-ring (bicyclic) bond motifs is 1. The van der Waals surface area contributed by atoms with Gasteiger partial charge in [0.25, 0.3) is 0 Å². The Morgan fingerprint density at radius 2 is 2.00 bits per heavy atom. The molecule has 0 saturated heterocycles. The highest BCUT2D eigenvalue weighted by molar-refractivity contribution is 5.95. The van der Waals surface area contributed by atoms with Crippen LogP contribution in [0.3, 0.4) is 0 Å². The average molecular weight is 476 g/mol. The topological polar surface area (TPSA) is 64.3 Å². The number of hydrogen-bond acceptors (Lipinski definition) is 5. The Bertz CT molecular complexity index is 1210. The Kier molecular flexibility index (Phi) is 9.07. The highest BCUT2D eigenvalue weighted by atomic mass is 16.5. The van der Waals surface area contributed by atoms with Crippen LogP contribution >= 0.6 is 0 Å². The molecule has 0 amide bonds. The number of pyridine rings is 2. The van der Waals surface area contributed by atoms with Crippen molar-refractivity contribution < 1.29 is 4.74 Å². The van der Waals surface area contributed by atoms with E-state index in [1.54, 1.807) is 6.20 Å². The summed E-state index contributed by atoms with van der Waals surface area (Å²) in [6, 6.07) is 6.41. The standard InChI is InChI=1S/C29H41N5O/c1-9-20(7)16-22(30-11-3)18-32-25-17-24(23-14-13-15-31-29(23)35-12-4)33-27-21(8)26(10-2)34(19(5)6)28(25)27/h11,13-17,19-20H,9-10,12,18H2,1-8H3,(H,32,33)/b22-16-,30-11-. The molecule has 35 heavy (non-hydrogen) atoms. The molecule has 3 aromatic rings. The van der Waals surface area contributed by atoms with E-state index in [-0.39, 0.29) is 0 Å². The van der Waals surface area contributed by atoms with Crippen molar-refractivity contribution in [2.45, 2.75) is 74.3 Å². The normalized spacial score (nSPS) is 13.2. The molecule has 3 heterocycles. The van der Waals surface area contributed by atoms with Crippen LogP contribution in [0.5, 0.6) is 5.88 Å². The fraction of sp³-hybridized carbons (Fsp3) is 0.483. The first-order valence-corrected chi connectivity index (χ1v) is 12.9. The van der Waals surface area contributed by atoms with E-state index in [0.29, 0.717) is 31.0 Å². The van der Waals surface area contributed by atoms with Gasteiger partial charge in [0, 0.05) is 24.1 Å². The molecule has 0 aliphatic rings.